The molecule has 0 aliphatic rings. The fraction of sp³-hybridized carbons (Fsp3) is 0.462. The van der Waals surface area contributed by atoms with Gasteiger partial charge in [-0.15, -0.1) is 0 Å². The van der Waals surface area contributed by atoms with Crippen molar-refractivity contribution >= 4 is 5.91 Å². The van der Waals surface area contributed by atoms with E-state index >= 15 is 0 Å². The summed E-state index contributed by atoms with van der Waals surface area (Å²) in [5.41, 5.74) is 4.13. The van der Waals surface area contributed by atoms with Crippen molar-refractivity contribution in [1.29, 1.82) is 0 Å². The Kier molecular flexibility index (Phi) is 7.01. The van der Waals surface area contributed by atoms with Gasteiger partial charge < -0.3 is 9.47 Å². The van der Waals surface area contributed by atoms with Crippen molar-refractivity contribution < 1.29 is 14.3 Å². The highest BCUT2D eigenvalue weighted by atomic mass is 16.5. The number of nitrogens with one attached hydrogen (secondary N) is 1. The van der Waals surface area contributed by atoms with Gasteiger partial charge in [-0.25, -0.2) is 5.84 Å². The third-order valence-electron chi connectivity index (χ3n) is 2.45. The number of hydrazine groups is 1. The highest BCUT2D eigenvalue weighted by Gasteiger charge is 2.01. The Labute approximate surface area is 107 Å². The van der Waals surface area contributed by atoms with Gasteiger partial charge >= 0.3 is 0 Å². The molecule has 18 heavy (non-hydrogen) atoms. The maximum atomic E-state index is 11.1. The molecule has 0 saturated carbocycles. The van der Waals surface area contributed by atoms with Crippen molar-refractivity contribution in [3.63, 3.8) is 0 Å². The molecule has 1 aromatic carbocycles. The molecule has 0 spiro atoms. The quantitative estimate of drug-likeness (QED) is 0.310. The lowest BCUT2D eigenvalue weighted by Crippen LogP contribution is -2.31. The van der Waals surface area contributed by atoms with Crippen molar-refractivity contribution in [3.05, 3.63) is 35.4 Å². The molecule has 1 amide bonds. The summed E-state index contributed by atoms with van der Waals surface area (Å²) in [4.78, 5) is 11.1. The second-order valence-electron chi connectivity index (χ2n) is 3.96. The number of carbonyl (C=O) groups is 1. The third kappa shape index (κ3) is 5.77. The van der Waals surface area contributed by atoms with Crippen LogP contribution in [0.3, 0.4) is 0 Å². The van der Waals surface area contributed by atoms with E-state index in [1.54, 1.807) is 7.11 Å². The summed E-state index contributed by atoms with van der Waals surface area (Å²) in [5.74, 6) is 4.83. The Bertz CT molecular complexity index is 352. The van der Waals surface area contributed by atoms with E-state index in [1.165, 1.54) is 0 Å². The van der Waals surface area contributed by atoms with Crippen molar-refractivity contribution in [1.82, 2.24) is 5.43 Å². The molecule has 0 aromatic heterocycles. The standard InChI is InChI=1S/C13H20N2O3/c1-17-7-2-8-18-10-12-5-3-11(4-6-12)9-13(16)15-14/h3-6H,2,7-10,14H2,1H3,(H,15,16). The lowest BCUT2D eigenvalue weighted by atomic mass is 10.1. The zero-order chi connectivity index (χ0) is 13.2. The van der Waals surface area contributed by atoms with Crippen LogP contribution in [0, 0.1) is 0 Å². The van der Waals surface area contributed by atoms with E-state index in [2.05, 4.69) is 5.43 Å². The molecule has 0 radical (unpaired) electrons. The number of hydrogen-bond donors (Lipinski definition) is 2. The van der Waals surface area contributed by atoms with Crippen LogP contribution in [-0.4, -0.2) is 26.2 Å². The molecule has 0 fully saturated rings. The summed E-state index contributed by atoms with van der Waals surface area (Å²) in [6.07, 6.45) is 1.19. The van der Waals surface area contributed by atoms with Gasteiger partial charge in [-0.1, -0.05) is 24.3 Å². The molecule has 0 unspecified atom stereocenters. The molecule has 100 valence electrons. The van der Waals surface area contributed by atoms with Crippen molar-refractivity contribution in [2.24, 2.45) is 5.84 Å². The van der Waals surface area contributed by atoms with Crippen LogP contribution < -0.4 is 11.3 Å². The molecule has 0 heterocycles. The second-order valence-corrected chi connectivity index (χ2v) is 3.96. The first-order valence-electron chi connectivity index (χ1n) is 5.90. The molecule has 0 aliphatic heterocycles. The molecule has 0 aliphatic carbocycles. The molecule has 0 bridgehead atoms. The van der Waals surface area contributed by atoms with Crippen LogP contribution in [0.4, 0.5) is 0 Å². The molecule has 5 nitrogen and oxygen atoms in total. The van der Waals surface area contributed by atoms with Crippen LogP contribution in [-0.2, 0) is 27.3 Å². The van der Waals surface area contributed by atoms with Crippen LogP contribution in [0.5, 0.6) is 0 Å². The smallest absolute Gasteiger partial charge is 0.238 e. The van der Waals surface area contributed by atoms with Crippen LogP contribution in [0.2, 0.25) is 0 Å². The van der Waals surface area contributed by atoms with Crippen molar-refractivity contribution in [2.75, 3.05) is 20.3 Å². The number of methoxy groups -OCH3 is 1. The maximum absolute atomic E-state index is 11.1. The fourth-order valence-corrected chi connectivity index (χ4v) is 1.49. The SMILES string of the molecule is COCCCOCc1ccc(CC(=O)NN)cc1. The Morgan fingerprint density at radius 2 is 1.89 bits per heavy atom. The van der Waals surface area contributed by atoms with Crippen LogP contribution >= 0.6 is 0 Å². The highest BCUT2D eigenvalue weighted by Crippen LogP contribution is 2.06. The summed E-state index contributed by atoms with van der Waals surface area (Å²) in [7, 11) is 1.68. The number of benzene rings is 1. The lowest BCUT2D eigenvalue weighted by molar-refractivity contribution is -0.120. The summed E-state index contributed by atoms with van der Waals surface area (Å²) in [6, 6.07) is 7.72. The Hall–Kier alpha value is -1.43. The minimum atomic E-state index is -0.196. The minimum absolute atomic E-state index is 0.196. The van der Waals surface area contributed by atoms with Gasteiger partial charge in [0, 0.05) is 20.3 Å². The molecular weight excluding hydrogens is 232 g/mol. The third-order valence-corrected chi connectivity index (χ3v) is 2.45. The first-order chi connectivity index (χ1) is 8.76. The molecular formula is C13H20N2O3. The molecule has 0 atom stereocenters. The van der Waals surface area contributed by atoms with E-state index in [4.69, 9.17) is 15.3 Å². The topological polar surface area (TPSA) is 73.6 Å². The molecule has 3 N–H and O–H groups in total. The van der Waals surface area contributed by atoms with Gasteiger partial charge in [-0.3, -0.25) is 10.2 Å². The lowest BCUT2D eigenvalue weighted by Gasteiger charge is -2.05. The van der Waals surface area contributed by atoms with E-state index < -0.39 is 0 Å². The minimum Gasteiger partial charge on any atom is -0.385 e. The molecule has 5 heteroatoms. The zero-order valence-electron chi connectivity index (χ0n) is 10.6. The summed E-state index contributed by atoms with van der Waals surface area (Å²) in [6.45, 7) is 1.98. The first kappa shape index (κ1) is 14.6. The fourth-order valence-electron chi connectivity index (χ4n) is 1.49. The van der Waals surface area contributed by atoms with E-state index in [9.17, 15) is 4.79 Å². The molecule has 0 saturated heterocycles. The summed E-state index contributed by atoms with van der Waals surface area (Å²) < 4.78 is 10.4. The number of rotatable bonds is 8. The average molecular weight is 252 g/mol. The van der Waals surface area contributed by atoms with Gasteiger partial charge in [0.05, 0.1) is 13.0 Å². The van der Waals surface area contributed by atoms with E-state index in [0.29, 0.717) is 26.2 Å². The van der Waals surface area contributed by atoms with Gasteiger partial charge in [-0.2, -0.15) is 0 Å². The molecule has 1 aromatic rings. The van der Waals surface area contributed by atoms with E-state index in [0.717, 1.165) is 17.5 Å². The predicted molar refractivity (Wildman–Crippen MR) is 68.6 cm³/mol. The number of carbonyl (C=O) groups excluding carboxylic acids is 1. The van der Waals surface area contributed by atoms with Gasteiger partial charge in [-0.05, 0) is 17.5 Å². The van der Waals surface area contributed by atoms with Crippen LogP contribution in [0.15, 0.2) is 24.3 Å². The number of ether oxygens (including phenoxy) is 2. The second kappa shape index (κ2) is 8.63. The predicted octanol–water partition coefficient (Wildman–Crippen LogP) is 0.772. The zero-order valence-corrected chi connectivity index (χ0v) is 10.6. The van der Waals surface area contributed by atoms with Gasteiger partial charge in [0.15, 0.2) is 0 Å². The average Bonchev–Trinajstić information content (AvgIpc) is 2.40. The van der Waals surface area contributed by atoms with Crippen molar-refractivity contribution in [3.8, 4) is 0 Å². The monoisotopic (exact) mass is 252 g/mol. The number of hydrogen-bond acceptors (Lipinski definition) is 4. The largest absolute Gasteiger partial charge is 0.385 e. The highest BCUT2D eigenvalue weighted by molar-refractivity contribution is 5.77. The van der Waals surface area contributed by atoms with Gasteiger partial charge in [0.1, 0.15) is 0 Å². The normalized spacial score (nSPS) is 10.3. The summed E-state index contributed by atoms with van der Waals surface area (Å²) in [5, 5.41) is 0. The Morgan fingerprint density at radius 3 is 2.50 bits per heavy atom. The van der Waals surface area contributed by atoms with Gasteiger partial charge in [0.2, 0.25) is 5.91 Å². The number of nitrogens with two attached hydrogens (primary N) is 1. The van der Waals surface area contributed by atoms with Crippen LogP contribution in [0.25, 0.3) is 0 Å². The van der Waals surface area contributed by atoms with E-state index in [-0.39, 0.29) is 5.91 Å². The summed E-state index contributed by atoms with van der Waals surface area (Å²) >= 11 is 0. The maximum Gasteiger partial charge on any atom is 0.238 e. The van der Waals surface area contributed by atoms with Gasteiger partial charge in [0.25, 0.3) is 0 Å². The van der Waals surface area contributed by atoms with Crippen LogP contribution in [0.1, 0.15) is 17.5 Å². The van der Waals surface area contributed by atoms with Crippen molar-refractivity contribution in [2.45, 2.75) is 19.4 Å². The Balaban J connectivity index is 2.29. The first-order valence-corrected chi connectivity index (χ1v) is 5.90. The number of amides is 1. The Morgan fingerprint density at radius 1 is 1.22 bits per heavy atom. The molecule has 1 rings (SSSR count). The van der Waals surface area contributed by atoms with E-state index in [1.807, 2.05) is 24.3 Å².